The van der Waals surface area contributed by atoms with Crippen LogP contribution in [-0.4, -0.2) is 36.1 Å². The van der Waals surface area contributed by atoms with Crippen LogP contribution in [-0.2, 0) is 0 Å². The van der Waals surface area contributed by atoms with Gasteiger partial charge in [-0.3, -0.25) is 0 Å². The molecule has 0 radical (unpaired) electrons. The Morgan fingerprint density at radius 1 is 0.950 bits per heavy atom. The molecule has 0 amide bonds. The smallest absolute Gasteiger partial charge is 0.142 e. The number of piperazine rings is 1. The molecule has 20 heavy (non-hydrogen) atoms. The Morgan fingerprint density at radius 3 is 2.45 bits per heavy atom. The first-order chi connectivity index (χ1) is 9.86. The van der Waals surface area contributed by atoms with E-state index in [-0.39, 0.29) is 0 Å². The number of aromatic nitrogens is 2. The molecule has 5 nitrogen and oxygen atoms in total. The first-order valence-electron chi connectivity index (χ1n) is 6.64. The summed E-state index contributed by atoms with van der Waals surface area (Å²) in [5.41, 5.74) is 1.53. The lowest BCUT2D eigenvalue weighted by Gasteiger charge is -2.36. The van der Waals surface area contributed by atoms with E-state index < -0.39 is 0 Å². The molecule has 100 valence electrons. The van der Waals surface area contributed by atoms with E-state index in [2.05, 4.69) is 25.8 Å². The molecule has 0 N–H and O–H groups in total. The molecule has 2 aromatic heterocycles. The Hall–Kier alpha value is -2.61. The number of rotatable bonds is 2. The van der Waals surface area contributed by atoms with Crippen molar-refractivity contribution in [2.45, 2.75) is 0 Å². The van der Waals surface area contributed by atoms with Crippen LogP contribution in [0.1, 0.15) is 5.69 Å². The molecule has 0 unspecified atom stereocenters. The third kappa shape index (κ3) is 2.54. The van der Waals surface area contributed by atoms with Gasteiger partial charge >= 0.3 is 0 Å². The van der Waals surface area contributed by atoms with Crippen LogP contribution >= 0.6 is 0 Å². The maximum atomic E-state index is 8.90. The summed E-state index contributed by atoms with van der Waals surface area (Å²) in [4.78, 5) is 12.9. The topological polar surface area (TPSA) is 56.1 Å². The van der Waals surface area contributed by atoms with Gasteiger partial charge in [-0.2, -0.15) is 5.26 Å². The fourth-order valence-corrected chi connectivity index (χ4v) is 2.41. The number of hydrogen-bond donors (Lipinski definition) is 0. The van der Waals surface area contributed by atoms with E-state index in [1.807, 2.05) is 36.5 Å². The number of nitriles is 1. The van der Waals surface area contributed by atoms with Crippen molar-refractivity contribution in [2.75, 3.05) is 36.0 Å². The van der Waals surface area contributed by atoms with Gasteiger partial charge in [0.2, 0.25) is 0 Å². The highest BCUT2D eigenvalue weighted by atomic mass is 15.3. The molecule has 0 aliphatic carbocycles. The normalized spacial score (nSPS) is 14.9. The molecule has 1 aliphatic heterocycles. The summed E-state index contributed by atoms with van der Waals surface area (Å²) in [5, 5.41) is 8.90. The molecule has 1 fully saturated rings. The molecule has 3 heterocycles. The standard InChI is InChI=1S/C15H15N5/c16-12-13-11-14(4-6-17-13)19-7-9-20(10-8-19)15-3-1-2-5-18-15/h1-6,11H,7-10H2. The predicted octanol–water partition coefficient (Wildman–Crippen LogP) is 1.67. The third-order valence-electron chi connectivity index (χ3n) is 3.48. The summed E-state index contributed by atoms with van der Waals surface area (Å²) in [5.74, 6) is 1.03. The van der Waals surface area contributed by atoms with Crippen LogP contribution < -0.4 is 9.80 Å². The van der Waals surface area contributed by atoms with Crippen LogP contribution in [0.4, 0.5) is 11.5 Å². The lowest BCUT2D eigenvalue weighted by molar-refractivity contribution is 0.647. The summed E-state index contributed by atoms with van der Waals surface area (Å²) in [6.45, 7) is 3.71. The van der Waals surface area contributed by atoms with Crippen LogP contribution in [0, 0.1) is 11.3 Å². The van der Waals surface area contributed by atoms with E-state index in [1.54, 1.807) is 6.20 Å². The van der Waals surface area contributed by atoms with Gasteiger partial charge in [-0.25, -0.2) is 9.97 Å². The molecule has 1 aliphatic rings. The van der Waals surface area contributed by atoms with Crippen LogP contribution in [0.2, 0.25) is 0 Å². The zero-order chi connectivity index (χ0) is 13.8. The molecule has 0 spiro atoms. The first-order valence-corrected chi connectivity index (χ1v) is 6.64. The largest absolute Gasteiger partial charge is 0.368 e. The number of hydrogen-bond acceptors (Lipinski definition) is 5. The fraction of sp³-hybridized carbons (Fsp3) is 0.267. The van der Waals surface area contributed by atoms with E-state index in [1.165, 1.54) is 0 Å². The second-order valence-electron chi connectivity index (χ2n) is 4.67. The van der Waals surface area contributed by atoms with Crippen molar-refractivity contribution in [3.05, 3.63) is 48.4 Å². The summed E-state index contributed by atoms with van der Waals surface area (Å²) in [6.07, 6.45) is 3.52. The van der Waals surface area contributed by atoms with Gasteiger partial charge in [0.05, 0.1) is 0 Å². The summed E-state index contributed by atoms with van der Waals surface area (Å²) in [7, 11) is 0. The average molecular weight is 265 g/mol. The highest BCUT2D eigenvalue weighted by Crippen LogP contribution is 2.19. The minimum absolute atomic E-state index is 0.467. The molecule has 1 saturated heterocycles. The summed E-state index contributed by atoms with van der Waals surface area (Å²) >= 11 is 0. The number of pyridine rings is 2. The lowest BCUT2D eigenvalue weighted by atomic mass is 10.2. The molecular weight excluding hydrogens is 250 g/mol. The fourth-order valence-electron chi connectivity index (χ4n) is 2.41. The second kappa shape index (κ2) is 5.57. The maximum Gasteiger partial charge on any atom is 0.142 e. The third-order valence-corrected chi connectivity index (χ3v) is 3.48. The SMILES string of the molecule is N#Cc1cc(N2CCN(c3ccccn3)CC2)ccn1. The lowest BCUT2D eigenvalue weighted by Crippen LogP contribution is -2.46. The quantitative estimate of drug-likeness (QED) is 0.826. The van der Waals surface area contributed by atoms with Gasteiger partial charge in [0.1, 0.15) is 17.6 Å². The minimum Gasteiger partial charge on any atom is -0.368 e. The summed E-state index contributed by atoms with van der Waals surface area (Å²) in [6, 6.07) is 11.9. The van der Waals surface area contributed by atoms with Gasteiger partial charge in [-0.15, -0.1) is 0 Å². The molecule has 3 rings (SSSR count). The van der Waals surface area contributed by atoms with Crippen molar-refractivity contribution in [1.29, 1.82) is 5.26 Å². The van der Waals surface area contributed by atoms with Crippen LogP contribution in [0.3, 0.4) is 0 Å². The number of anilines is 2. The maximum absolute atomic E-state index is 8.90. The molecule has 0 atom stereocenters. The summed E-state index contributed by atoms with van der Waals surface area (Å²) < 4.78 is 0. The molecule has 0 saturated carbocycles. The Morgan fingerprint density at radius 2 is 1.75 bits per heavy atom. The van der Waals surface area contributed by atoms with Crippen LogP contribution in [0.15, 0.2) is 42.7 Å². The van der Waals surface area contributed by atoms with E-state index in [0.29, 0.717) is 5.69 Å². The monoisotopic (exact) mass is 265 g/mol. The van der Waals surface area contributed by atoms with Gasteiger partial charge in [0.25, 0.3) is 0 Å². The van der Waals surface area contributed by atoms with Crippen molar-refractivity contribution >= 4 is 11.5 Å². The van der Waals surface area contributed by atoms with E-state index in [4.69, 9.17) is 5.26 Å². The van der Waals surface area contributed by atoms with Crippen molar-refractivity contribution in [3.8, 4) is 6.07 Å². The van der Waals surface area contributed by atoms with Crippen molar-refractivity contribution in [2.24, 2.45) is 0 Å². The highest BCUT2D eigenvalue weighted by Gasteiger charge is 2.18. The van der Waals surface area contributed by atoms with Crippen molar-refractivity contribution in [3.63, 3.8) is 0 Å². The first kappa shape index (κ1) is 12.4. The number of nitrogens with zero attached hydrogens (tertiary/aromatic N) is 5. The Kier molecular flexibility index (Phi) is 3.46. The van der Waals surface area contributed by atoms with Gasteiger partial charge in [-0.1, -0.05) is 6.07 Å². The Bertz CT molecular complexity index is 612. The van der Waals surface area contributed by atoms with Gasteiger partial charge in [-0.05, 0) is 24.3 Å². The highest BCUT2D eigenvalue weighted by molar-refractivity contribution is 5.51. The van der Waals surface area contributed by atoms with Crippen molar-refractivity contribution < 1.29 is 0 Å². The Balaban J connectivity index is 1.68. The van der Waals surface area contributed by atoms with E-state index in [0.717, 1.165) is 37.7 Å². The van der Waals surface area contributed by atoms with Crippen LogP contribution in [0.5, 0.6) is 0 Å². The molecule has 2 aromatic rings. The molecule has 0 bridgehead atoms. The van der Waals surface area contributed by atoms with Crippen molar-refractivity contribution in [1.82, 2.24) is 9.97 Å². The van der Waals surface area contributed by atoms with E-state index in [9.17, 15) is 0 Å². The molecular formula is C15H15N5. The van der Waals surface area contributed by atoms with E-state index >= 15 is 0 Å². The average Bonchev–Trinajstić information content (AvgIpc) is 2.56. The molecule has 0 aromatic carbocycles. The predicted molar refractivity (Wildman–Crippen MR) is 77.6 cm³/mol. The van der Waals surface area contributed by atoms with Gasteiger partial charge in [0.15, 0.2) is 0 Å². The second-order valence-corrected chi connectivity index (χ2v) is 4.67. The molecule has 5 heteroatoms. The van der Waals surface area contributed by atoms with Gasteiger partial charge < -0.3 is 9.80 Å². The van der Waals surface area contributed by atoms with Crippen LogP contribution in [0.25, 0.3) is 0 Å². The van der Waals surface area contributed by atoms with Gasteiger partial charge in [0, 0.05) is 44.3 Å². The zero-order valence-electron chi connectivity index (χ0n) is 11.1. The Labute approximate surface area is 118 Å². The zero-order valence-corrected chi connectivity index (χ0v) is 11.1. The minimum atomic E-state index is 0.467.